The third kappa shape index (κ3) is 4.29. The van der Waals surface area contributed by atoms with Crippen LogP contribution >= 0.6 is 0 Å². The number of nitrogens with zero attached hydrogens (tertiary/aromatic N) is 4. The van der Waals surface area contributed by atoms with Crippen LogP contribution < -0.4 is 10.2 Å². The Balaban J connectivity index is 2.13. The van der Waals surface area contributed by atoms with E-state index in [1.807, 2.05) is 31.0 Å². The number of pyridine rings is 1. The summed E-state index contributed by atoms with van der Waals surface area (Å²) in [5.74, 6) is 0. The lowest BCUT2D eigenvalue weighted by atomic mass is 10.1. The second-order valence-corrected chi connectivity index (χ2v) is 5.51. The van der Waals surface area contributed by atoms with Crippen molar-refractivity contribution in [1.82, 2.24) is 20.1 Å². The standard InChI is InChI=1S/C16H25N5/c1-5-6-17-9-15-10-18-13(2)7-16(15)20(3)11-14-8-19-21(4)12-14/h7-8,10,12,17H,5-6,9,11H2,1-4H3. The summed E-state index contributed by atoms with van der Waals surface area (Å²) in [4.78, 5) is 6.69. The number of anilines is 1. The highest BCUT2D eigenvalue weighted by molar-refractivity contribution is 5.53. The summed E-state index contributed by atoms with van der Waals surface area (Å²) in [6.45, 7) is 6.94. The maximum atomic E-state index is 4.43. The van der Waals surface area contributed by atoms with Crippen LogP contribution in [-0.4, -0.2) is 28.4 Å². The van der Waals surface area contributed by atoms with Crippen LogP contribution in [0.4, 0.5) is 5.69 Å². The Labute approximate surface area is 127 Å². The molecule has 2 heterocycles. The normalized spacial score (nSPS) is 10.9. The number of aryl methyl sites for hydroxylation is 2. The van der Waals surface area contributed by atoms with Crippen LogP contribution in [0.5, 0.6) is 0 Å². The van der Waals surface area contributed by atoms with Crippen LogP contribution in [0.3, 0.4) is 0 Å². The summed E-state index contributed by atoms with van der Waals surface area (Å²) in [7, 11) is 4.06. The lowest BCUT2D eigenvalue weighted by Crippen LogP contribution is -2.21. The average Bonchev–Trinajstić information content (AvgIpc) is 2.86. The topological polar surface area (TPSA) is 46.0 Å². The van der Waals surface area contributed by atoms with Crippen molar-refractivity contribution < 1.29 is 0 Å². The van der Waals surface area contributed by atoms with E-state index in [0.29, 0.717) is 0 Å². The fraction of sp³-hybridized carbons (Fsp3) is 0.500. The molecule has 0 aliphatic heterocycles. The zero-order valence-corrected chi connectivity index (χ0v) is 13.4. The van der Waals surface area contributed by atoms with E-state index in [-0.39, 0.29) is 0 Å². The van der Waals surface area contributed by atoms with Gasteiger partial charge in [-0.2, -0.15) is 5.10 Å². The van der Waals surface area contributed by atoms with Crippen molar-refractivity contribution in [3.63, 3.8) is 0 Å². The lowest BCUT2D eigenvalue weighted by molar-refractivity contribution is 0.671. The third-order valence-electron chi connectivity index (χ3n) is 3.43. The van der Waals surface area contributed by atoms with Gasteiger partial charge in [-0.3, -0.25) is 9.67 Å². The highest BCUT2D eigenvalue weighted by atomic mass is 15.2. The van der Waals surface area contributed by atoms with E-state index in [2.05, 4.69) is 46.5 Å². The van der Waals surface area contributed by atoms with Gasteiger partial charge in [-0.1, -0.05) is 6.92 Å². The number of aromatic nitrogens is 3. The van der Waals surface area contributed by atoms with Gasteiger partial charge in [0.05, 0.1) is 6.20 Å². The summed E-state index contributed by atoms with van der Waals surface area (Å²) in [5.41, 5.74) is 4.72. The Kier molecular flexibility index (Phi) is 5.33. The number of hydrogen-bond donors (Lipinski definition) is 1. The zero-order chi connectivity index (χ0) is 15.2. The van der Waals surface area contributed by atoms with Crippen molar-refractivity contribution >= 4 is 5.69 Å². The van der Waals surface area contributed by atoms with Gasteiger partial charge in [-0.15, -0.1) is 0 Å². The average molecular weight is 287 g/mol. The van der Waals surface area contributed by atoms with Gasteiger partial charge in [0, 0.05) is 62.1 Å². The van der Waals surface area contributed by atoms with Crippen molar-refractivity contribution in [1.29, 1.82) is 0 Å². The van der Waals surface area contributed by atoms with Crippen molar-refractivity contribution in [2.24, 2.45) is 7.05 Å². The van der Waals surface area contributed by atoms with Gasteiger partial charge in [-0.05, 0) is 26.0 Å². The van der Waals surface area contributed by atoms with E-state index in [1.165, 1.54) is 16.8 Å². The quantitative estimate of drug-likeness (QED) is 0.794. The Bertz CT molecular complexity index is 576. The molecule has 0 saturated carbocycles. The zero-order valence-electron chi connectivity index (χ0n) is 13.4. The second-order valence-electron chi connectivity index (χ2n) is 5.51. The molecule has 0 amide bonds. The molecule has 1 N–H and O–H groups in total. The minimum absolute atomic E-state index is 0.845. The molecule has 0 atom stereocenters. The molecule has 0 aliphatic rings. The molecule has 0 bridgehead atoms. The van der Waals surface area contributed by atoms with Crippen LogP contribution in [-0.2, 0) is 20.1 Å². The summed E-state index contributed by atoms with van der Waals surface area (Å²) >= 11 is 0. The predicted molar refractivity (Wildman–Crippen MR) is 86.3 cm³/mol. The minimum Gasteiger partial charge on any atom is -0.370 e. The smallest absolute Gasteiger partial charge is 0.0539 e. The van der Waals surface area contributed by atoms with E-state index in [4.69, 9.17) is 0 Å². The Hall–Kier alpha value is -1.88. The minimum atomic E-state index is 0.845. The molecule has 0 radical (unpaired) electrons. The summed E-state index contributed by atoms with van der Waals surface area (Å²) in [6, 6.07) is 2.15. The SMILES string of the molecule is CCCNCc1cnc(C)cc1N(C)Cc1cnn(C)c1. The second kappa shape index (κ2) is 7.22. The lowest BCUT2D eigenvalue weighted by Gasteiger charge is -2.22. The number of hydrogen-bond acceptors (Lipinski definition) is 4. The molecular weight excluding hydrogens is 262 g/mol. The van der Waals surface area contributed by atoms with Gasteiger partial charge >= 0.3 is 0 Å². The summed E-state index contributed by atoms with van der Waals surface area (Å²) in [6.07, 6.45) is 7.09. The first kappa shape index (κ1) is 15.5. The molecule has 2 aromatic heterocycles. The molecule has 0 aliphatic carbocycles. The van der Waals surface area contributed by atoms with Gasteiger partial charge in [0.15, 0.2) is 0 Å². The van der Waals surface area contributed by atoms with Gasteiger partial charge < -0.3 is 10.2 Å². The van der Waals surface area contributed by atoms with Crippen LogP contribution in [0.25, 0.3) is 0 Å². The molecule has 5 nitrogen and oxygen atoms in total. The van der Waals surface area contributed by atoms with Crippen LogP contribution in [0, 0.1) is 6.92 Å². The van der Waals surface area contributed by atoms with Crippen LogP contribution in [0.1, 0.15) is 30.2 Å². The van der Waals surface area contributed by atoms with Crippen molar-refractivity contribution in [3.8, 4) is 0 Å². The third-order valence-corrected chi connectivity index (χ3v) is 3.43. The predicted octanol–water partition coefficient (Wildman–Crippen LogP) is 2.26. The number of rotatable bonds is 7. The van der Waals surface area contributed by atoms with E-state index in [1.54, 1.807) is 0 Å². The highest BCUT2D eigenvalue weighted by Gasteiger charge is 2.10. The molecule has 21 heavy (non-hydrogen) atoms. The van der Waals surface area contributed by atoms with Gasteiger partial charge in [-0.25, -0.2) is 0 Å². The Morgan fingerprint density at radius 2 is 2.14 bits per heavy atom. The van der Waals surface area contributed by atoms with Crippen molar-refractivity contribution in [2.75, 3.05) is 18.5 Å². The molecule has 2 aromatic rings. The van der Waals surface area contributed by atoms with E-state index >= 15 is 0 Å². The largest absolute Gasteiger partial charge is 0.370 e. The Morgan fingerprint density at radius 1 is 1.33 bits per heavy atom. The Morgan fingerprint density at radius 3 is 2.81 bits per heavy atom. The molecule has 0 unspecified atom stereocenters. The van der Waals surface area contributed by atoms with E-state index in [9.17, 15) is 0 Å². The first-order valence-corrected chi connectivity index (χ1v) is 7.45. The van der Waals surface area contributed by atoms with Crippen molar-refractivity contribution in [2.45, 2.75) is 33.4 Å². The van der Waals surface area contributed by atoms with E-state index in [0.717, 1.165) is 31.7 Å². The van der Waals surface area contributed by atoms with Crippen LogP contribution in [0.15, 0.2) is 24.7 Å². The first-order valence-electron chi connectivity index (χ1n) is 7.45. The molecule has 114 valence electrons. The molecule has 0 aromatic carbocycles. The summed E-state index contributed by atoms with van der Waals surface area (Å²) in [5, 5.41) is 7.68. The number of nitrogens with one attached hydrogen (secondary N) is 1. The molecule has 0 spiro atoms. The first-order chi connectivity index (χ1) is 10.1. The monoisotopic (exact) mass is 287 g/mol. The maximum absolute atomic E-state index is 4.43. The van der Waals surface area contributed by atoms with Crippen LogP contribution in [0.2, 0.25) is 0 Å². The molecule has 5 heteroatoms. The van der Waals surface area contributed by atoms with E-state index < -0.39 is 0 Å². The molecule has 0 saturated heterocycles. The molecular formula is C16H25N5. The highest BCUT2D eigenvalue weighted by Crippen LogP contribution is 2.21. The fourth-order valence-corrected chi connectivity index (χ4v) is 2.38. The van der Waals surface area contributed by atoms with Crippen molar-refractivity contribution in [3.05, 3.63) is 41.5 Å². The molecule has 2 rings (SSSR count). The molecule has 0 fully saturated rings. The van der Waals surface area contributed by atoms with Gasteiger partial charge in [0.25, 0.3) is 0 Å². The maximum Gasteiger partial charge on any atom is 0.0539 e. The fourth-order valence-electron chi connectivity index (χ4n) is 2.38. The van der Waals surface area contributed by atoms with Gasteiger partial charge in [0.1, 0.15) is 0 Å². The summed E-state index contributed by atoms with van der Waals surface area (Å²) < 4.78 is 1.84. The van der Waals surface area contributed by atoms with Gasteiger partial charge in [0.2, 0.25) is 0 Å².